The van der Waals surface area contributed by atoms with Gasteiger partial charge in [0, 0.05) is 26.2 Å². The zero-order valence-corrected chi connectivity index (χ0v) is 11.9. The number of carboxylic acid groups (broad SMARTS) is 1. The molecule has 1 rings (SSSR count). The maximum atomic E-state index is 10.6. The highest BCUT2D eigenvalue weighted by molar-refractivity contribution is 5.66. The van der Waals surface area contributed by atoms with Crippen LogP contribution in [-0.2, 0) is 9.53 Å². The number of aliphatic carboxylic acids is 1. The number of hydrogen-bond donors (Lipinski definition) is 1. The highest BCUT2D eigenvalue weighted by Crippen LogP contribution is 2.03. The van der Waals surface area contributed by atoms with Crippen LogP contribution in [0.3, 0.4) is 0 Å². The fourth-order valence-corrected chi connectivity index (χ4v) is 2.25. The summed E-state index contributed by atoms with van der Waals surface area (Å²) in [5.74, 6) is -0.736. The molecule has 0 atom stereocenters. The third kappa shape index (κ3) is 7.97. The van der Waals surface area contributed by atoms with E-state index in [1.807, 2.05) is 6.92 Å². The normalized spacial score (nSPS) is 16.7. The fourth-order valence-electron chi connectivity index (χ4n) is 2.25. The molecule has 19 heavy (non-hydrogen) atoms. The molecule has 110 valence electrons. The Labute approximate surface area is 115 Å². The molecule has 1 heterocycles. The van der Waals surface area contributed by atoms with Crippen molar-refractivity contribution in [1.82, 2.24) is 9.80 Å². The van der Waals surface area contributed by atoms with E-state index in [0.717, 1.165) is 57.9 Å². The van der Waals surface area contributed by atoms with E-state index in [0.29, 0.717) is 6.54 Å². The SMILES string of the molecule is C=C(C)CN(CCCN1CCOCC1)CCC(=O)O. The van der Waals surface area contributed by atoms with Gasteiger partial charge in [-0.2, -0.15) is 0 Å². The van der Waals surface area contributed by atoms with Gasteiger partial charge in [0.1, 0.15) is 0 Å². The highest BCUT2D eigenvalue weighted by atomic mass is 16.5. The average Bonchev–Trinajstić information content (AvgIpc) is 2.36. The summed E-state index contributed by atoms with van der Waals surface area (Å²) >= 11 is 0. The minimum Gasteiger partial charge on any atom is -0.481 e. The van der Waals surface area contributed by atoms with Crippen molar-refractivity contribution in [3.8, 4) is 0 Å². The van der Waals surface area contributed by atoms with E-state index in [-0.39, 0.29) is 6.42 Å². The van der Waals surface area contributed by atoms with Crippen LogP contribution in [0.4, 0.5) is 0 Å². The maximum absolute atomic E-state index is 10.6. The molecule has 0 spiro atoms. The van der Waals surface area contributed by atoms with Crippen LogP contribution in [0.5, 0.6) is 0 Å². The largest absolute Gasteiger partial charge is 0.481 e. The molecule has 1 saturated heterocycles. The quantitative estimate of drug-likeness (QED) is 0.635. The van der Waals surface area contributed by atoms with E-state index in [9.17, 15) is 4.79 Å². The molecular formula is C14H26N2O3. The van der Waals surface area contributed by atoms with E-state index >= 15 is 0 Å². The summed E-state index contributed by atoms with van der Waals surface area (Å²) in [5.41, 5.74) is 1.08. The van der Waals surface area contributed by atoms with E-state index < -0.39 is 5.97 Å². The first-order valence-corrected chi connectivity index (χ1v) is 6.96. The van der Waals surface area contributed by atoms with Crippen LogP contribution in [0.2, 0.25) is 0 Å². The first kappa shape index (κ1) is 16.1. The number of morpholine rings is 1. The van der Waals surface area contributed by atoms with Crippen molar-refractivity contribution >= 4 is 5.97 Å². The van der Waals surface area contributed by atoms with Crippen molar-refractivity contribution in [2.45, 2.75) is 19.8 Å². The second-order valence-corrected chi connectivity index (χ2v) is 5.18. The van der Waals surface area contributed by atoms with Crippen molar-refractivity contribution in [2.24, 2.45) is 0 Å². The lowest BCUT2D eigenvalue weighted by molar-refractivity contribution is -0.137. The molecule has 5 nitrogen and oxygen atoms in total. The smallest absolute Gasteiger partial charge is 0.304 e. The molecule has 1 aliphatic rings. The lowest BCUT2D eigenvalue weighted by Gasteiger charge is -2.28. The van der Waals surface area contributed by atoms with Crippen LogP contribution in [-0.4, -0.2) is 73.4 Å². The monoisotopic (exact) mass is 270 g/mol. The Kier molecular flexibility index (Phi) is 7.70. The maximum Gasteiger partial charge on any atom is 0.304 e. The van der Waals surface area contributed by atoms with Crippen LogP contribution in [0.1, 0.15) is 19.8 Å². The minimum absolute atomic E-state index is 0.199. The fraction of sp³-hybridized carbons (Fsp3) is 0.786. The predicted molar refractivity (Wildman–Crippen MR) is 75.4 cm³/mol. The predicted octanol–water partition coefficient (Wildman–Crippen LogP) is 1.06. The summed E-state index contributed by atoms with van der Waals surface area (Å²) in [6, 6.07) is 0. The molecule has 0 aromatic rings. The molecule has 0 radical (unpaired) electrons. The van der Waals surface area contributed by atoms with E-state index in [4.69, 9.17) is 9.84 Å². The Morgan fingerprint density at radius 1 is 1.37 bits per heavy atom. The van der Waals surface area contributed by atoms with Crippen LogP contribution < -0.4 is 0 Å². The Morgan fingerprint density at radius 2 is 2.05 bits per heavy atom. The van der Waals surface area contributed by atoms with Gasteiger partial charge in [0.05, 0.1) is 19.6 Å². The molecule has 0 aromatic carbocycles. The Hall–Kier alpha value is -0.910. The number of ether oxygens (including phenoxy) is 1. The van der Waals surface area contributed by atoms with Gasteiger partial charge in [-0.1, -0.05) is 12.2 Å². The lowest BCUT2D eigenvalue weighted by atomic mass is 10.2. The third-order valence-corrected chi connectivity index (χ3v) is 3.19. The number of rotatable bonds is 9. The topological polar surface area (TPSA) is 53.0 Å². The van der Waals surface area contributed by atoms with E-state index in [1.165, 1.54) is 0 Å². The molecule has 0 aromatic heterocycles. The number of hydrogen-bond acceptors (Lipinski definition) is 4. The van der Waals surface area contributed by atoms with Crippen LogP contribution in [0.25, 0.3) is 0 Å². The summed E-state index contributed by atoms with van der Waals surface area (Å²) < 4.78 is 5.32. The molecule has 1 N–H and O–H groups in total. The molecule has 0 unspecified atom stereocenters. The van der Waals surface area contributed by atoms with Gasteiger partial charge >= 0.3 is 5.97 Å². The summed E-state index contributed by atoms with van der Waals surface area (Å²) in [7, 11) is 0. The molecule has 0 aliphatic carbocycles. The van der Waals surface area contributed by atoms with Crippen molar-refractivity contribution < 1.29 is 14.6 Å². The first-order valence-electron chi connectivity index (χ1n) is 6.96. The van der Waals surface area contributed by atoms with Crippen LogP contribution in [0, 0.1) is 0 Å². The van der Waals surface area contributed by atoms with Gasteiger partial charge in [-0.15, -0.1) is 0 Å². The highest BCUT2D eigenvalue weighted by Gasteiger charge is 2.11. The van der Waals surface area contributed by atoms with Crippen molar-refractivity contribution in [3.63, 3.8) is 0 Å². The molecule has 0 saturated carbocycles. The summed E-state index contributed by atoms with van der Waals surface area (Å²) in [4.78, 5) is 15.2. The summed E-state index contributed by atoms with van der Waals surface area (Å²) in [6.45, 7) is 12.9. The molecule has 1 fully saturated rings. The number of carbonyl (C=O) groups is 1. The second kappa shape index (κ2) is 9.07. The van der Waals surface area contributed by atoms with Gasteiger partial charge in [0.25, 0.3) is 0 Å². The summed E-state index contributed by atoms with van der Waals surface area (Å²) in [5, 5.41) is 8.75. The number of nitrogens with zero attached hydrogens (tertiary/aromatic N) is 2. The lowest BCUT2D eigenvalue weighted by Crippen LogP contribution is -2.38. The number of carboxylic acids is 1. The minimum atomic E-state index is -0.736. The zero-order valence-electron chi connectivity index (χ0n) is 11.9. The summed E-state index contributed by atoms with van der Waals surface area (Å²) in [6.07, 6.45) is 1.26. The van der Waals surface area contributed by atoms with Crippen LogP contribution in [0.15, 0.2) is 12.2 Å². The second-order valence-electron chi connectivity index (χ2n) is 5.18. The first-order chi connectivity index (χ1) is 9.08. The van der Waals surface area contributed by atoms with Crippen molar-refractivity contribution in [1.29, 1.82) is 0 Å². The van der Waals surface area contributed by atoms with Gasteiger partial charge in [-0.25, -0.2) is 0 Å². The van der Waals surface area contributed by atoms with Gasteiger partial charge in [-0.3, -0.25) is 14.6 Å². The van der Waals surface area contributed by atoms with E-state index in [2.05, 4.69) is 16.4 Å². The molecule has 0 amide bonds. The van der Waals surface area contributed by atoms with E-state index in [1.54, 1.807) is 0 Å². The Bertz CT molecular complexity index is 288. The van der Waals surface area contributed by atoms with Gasteiger partial charge < -0.3 is 9.84 Å². The third-order valence-electron chi connectivity index (χ3n) is 3.19. The van der Waals surface area contributed by atoms with Crippen LogP contribution >= 0.6 is 0 Å². The van der Waals surface area contributed by atoms with Crippen molar-refractivity contribution in [3.05, 3.63) is 12.2 Å². The Balaban J connectivity index is 2.22. The standard InChI is InChI=1S/C14H26N2O3/c1-13(2)12-16(7-4-14(17)18)6-3-5-15-8-10-19-11-9-15/h1,3-12H2,2H3,(H,17,18). The molecule has 1 aliphatic heterocycles. The van der Waals surface area contributed by atoms with Crippen molar-refractivity contribution in [2.75, 3.05) is 52.5 Å². The van der Waals surface area contributed by atoms with Gasteiger partial charge in [0.15, 0.2) is 0 Å². The molecular weight excluding hydrogens is 244 g/mol. The zero-order chi connectivity index (χ0) is 14.1. The van der Waals surface area contributed by atoms with Gasteiger partial charge in [-0.05, 0) is 26.4 Å². The van der Waals surface area contributed by atoms with Gasteiger partial charge in [0.2, 0.25) is 0 Å². The molecule has 0 bridgehead atoms. The Morgan fingerprint density at radius 3 is 2.63 bits per heavy atom. The molecule has 5 heteroatoms. The average molecular weight is 270 g/mol.